The number of rotatable bonds is 4. The van der Waals surface area contributed by atoms with Gasteiger partial charge in [-0.05, 0) is 49.2 Å². The quantitative estimate of drug-likeness (QED) is 0.908. The fourth-order valence-corrected chi connectivity index (χ4v) is 2.54. The molecule has 1 amide bonds. The zero-order valence-corrected chi connectivity index (χ0v) is 12.8. The molecule has 0 aliphatic carbocycles. The van der Waals surface area contributed by atoms with Crippen LogP contribution in [0.1, 0.15) is 18.1 Å². The van der Waals surface area contributed by atoms with E-state index in [4.69, 9.17) is 4.74 Å². The van der Waals surface area contributed by atoms with Gasteiger partial charge in [0.25, 0.3) is 5.91 Å². The van der Waals surface area contributed by atoms with E-state index in [1.165, 1.54) is 6.20 Å². The molecule has 6 heteroatoms. The topological polar surface area (TPSA) is 63.2 Å². The lowest BCUT2D eigenvalue weighted by atomic mass is 9.99. The van der Waals surface area contributed by atoms with Crippen molar-refractivity contribution >= 4 is 11.6 Å². The van der Waals surface area contributed by atoms with Gasteiger partial charge in [-0.25, -0.2) is 4.39 Å². The van der Waals surface area contributed by atoms with Gasteiger partial charge in [0.15, 0.2) is 6.10 Å². The molecule has 2 N–H and O–H groups in total. The maximum Gasteiger partial charge on any atom is 0.265 e. The molecule has 1 atom stereocenters. The van der Waals surface area contributed by atoms with Gasteiger partial charge in [0, 0.05) is 12.7 Å². The monoisotopic (exact) mass is 315 g/mol. The molecule has 1 aromatic heterocycles. The third-order valence-electron chi connectivity index (χ3n) is 3.78. The van der Waals surface area contributed by atoms with Gasteiger partial charge in [0.05, 0.1) is 11.9 Å². The van der Waals surface area contributed by atoms with E-state index < -0.39 is 12.0 Å². The van der Waals surface area contributed by atoms with E-state index >= 15 is 0 Å². The van der Waals surface area contributed by atoms with Crippen LogP contribution in [0.15, 0.2) is 36.7 Å². The highest BCUT2D eigenvalue weighted by molar-refractivity contribution is 5.94. The Morgan fingerprint density at radius 1 is 1.43 bits per heavy atom. The van der Waals surface area contributed by atoms with Crippen molar-refractivity contribution in [1.29, 1.82) is 0 Å². The zero-order valence-electron chi connectivity index (χ0n) is 12.8. The van der Waals surface area contributed by atoms with Crippen molar-refractivity contribution in [2.24, 2.45) is 0 Å². The number of fused-ring (bicyclic) bond motifs is 1. The summed E-state index contributed by atoms with van der Waals surface area (Å²) in [6.45, 7) is 3.01. The fraction of sp³-hybridized carbons (Fsp3) is 0.294. The second-order valence-corrected chi connectivity index (χ2v) is 5.43. The fourth-order valence-electron chi connectivity index (χ4n) is 2.54. The van der Waals surface area contributed by atoms with Crippen LogP contribution in [0.4, 0.5) is 10.1 Å². The molecule has 0 bridgehead atoms. The summed E-state index contributed by atoms with van der Waals surface area (Å²) in [5.41, 5.74) is 1.80. The van der Waals surface area contributed by atoms with Crippen LogP contribution in [0.2, 0.25) is 0 Å². The number of hydrogen-bond acceptors (Lipinski definition) is 4. The third kappa shape index (κ3) is 3.48. The van der Waals surface area contributed by atoms with Crippen molar-refractivity contribution in [2.75, 3.05) is 11.9 Å². The predicted molar refractivity (Wildman–Crippen MR) is 84.8 cm³/mol. The first-order chi connectivity index (χ1) is 11.1. The molecule has 0 fully saturated rings. The Hall–Kier alpha value is -2.47. The number of nitrogens with zero attached hydrogens (tertiary/aromatic N) is 1. The van der Waals surface area contributed by atoms with Crippen molar-refractivity contribution in [3.8, 4) is 5.75 Å². The number of anilines is 1. The molecule has 2 heterocycles. The van der Waals surface area contributed by atoms with E-state index in [1.54, 1.807) is 31.3 Å². The number of carbonyl (C=O) groups is 1. The largest absolute Gasteiger partial charge is 0.479 e. The van der Waals surface area contributed by atoms with Crippen molar-refractivity contribution < 1.29 is 13.9 Å². The molecule has 0 saturated carbocycles. The molecule has 23 heavy (non-hydrogen) atoms. The van der Waals surface area contributed by atoms with Crippen LogP contribution >= 0.6 is 0 Å². The van der Waals surface area contributed by atoms with Crippen LogP contribution in [-0.4, -0.2) is 23.5 Å². The van der Waals surface area contributed by atoms with Gasteiger partial charge < -0.3 is 15.4 Å². The summed E-state index contributed by atoms with van der Waals surface area (Å²) in [4.78, 5) is 16.1. The van der Waals surface area contributed by atoms with Crippen molar-refractivity contribution in [2.45, 2.75) is 26.0 Å². The minimum absolute atomic E-state index is 0.192. The molecule has 0 saturated heterocycles. The van der Waals surface area contributed by atoms with Crippen LogP contribution in [0.3, 0.4) is 0 Å². The Morgan fingerprint density at radius 2 is 2.30 bits per heavy atom. The highest BCUT2D eigenvalue weighted by Crippen LogP contribution is 2.24. The summed E-state index contributed by atoms with van der Waals surface area (Å²) in [5.74, 6) is -0.264. The smallest absolute Gasteiger partial charge is 0.265 e. The Bertz CT molecular complexity index is 706. The summed E-state index contributed by atoms with van der Waals surface area (Å²) < 4.78 is 20.0. The van der Waals surface area contributed by atoms with E-state index in [9.17, 15) is 9.18 Å². The molecule has 0 spiro atoms. The number of benzene rings is 1. The maximum absolute atomic E-state index is 14.5. The van der Waals surface area contributed by atoms with E-state index in [2.05, 4.69) is 15.6 Å². The first kappa shape index (κ1) is 15.4. The lowest BCUT2D eigenvalue weighted by Gasteiger charge is -2.20. The van der Waals surface area contributed by atoms with E-state index in [1.807, 2.05) is 6.07 Å². The number of aromatic nitrogens is 1. The molecular formula is C17H18FN3O2. The summed E-state index contributed by atoms with van der Waals surface area (Å²) in [5, 5.41) is 5.79. The number of carbonyl (C=O) groups excluding carboxylic acids is 1. The maximum atomic E-state index is 14.5. The van der Waals surface area contributed by atoms with Gasteiger partial charge in [-0.2, -0.15) is 0 Å². The number of pyridine rings is 1. The van der Waals surface area contributed by atoms with E-state index in [0.29, 0.717) is 24.3 Å². The number of ether oxygens (including phenoxy) is 1. The predicted octanol–water partition coefficient (Wildman–Crippen LogP) is 2.27. The molecule has 0 radical (unpaired) electrons. The first-order valence-corrected chi connectivity index (χ1v) is 7.53. The lowest BCUT2D eigenvalue weighted by Crippen LogP contribution is -2.31. The molecule has 120 valence electrons. The van der Waals surface area contributed by atoms with Crippen molar-refractivity contribution in [3.05, 3.63) is 53.6 Å². The summed E-state index contributed by atoms with van der Waals surface area (Å²) in [6, 6.07) is 6.86. The molecule has 2 aromatic rings. The van der Waals surface area contributed by atoms with Crippen LogP contribution < -0.4 is 15.4 Å². The standard InChI is InChI=1S/C17H18FN3O2/c1-11(23-13-3-2-7-19-10-13)17(22)21-15-5-4-12-9-20-8-6-14(12)16(15)18/h2-5,7,10-11,20H,6,8-9H2,1H3,(H,21,22). The molecule has 5 nitrogen and oxygen atoms in total. The van der Waals surface area contributed by atoms with Crippen molar-refractivity contribution in [3.63, 3.8) is 0 Å². The van der Waals surface area contributed by atoms with Gasteiger partial charge in [-0.15, -0.1) is 0 Å². The van der Waals surface area contributed by atoms with Crippen LogP contribution in [0.25, 0.3) is 0 Å². The third-order valence-corrected chi connectivity index (χ3v) is 3.78. The highest BCUT2D eigenvalue weighted by Gasteiger charge is 2.20. The Labute approximate surface area is 133 Å². The molecule has 1 aromatic carbocycles. The minimum atomic E-state index is -0.753. The van der Waals surface area contributed by atoms with Crippen LogP contribution in [0, 0.1) is 5.82 Å². The van der Waals surface area contributed by atoms with Crippen LogP contribution in [0.5, 0.6) is 5.75 Å². The number of hydrogen-bond donors (Lipinski definition) is 2. The average molecular weight is 315 g/mol. The Kier molecular flexibility index (Phi) is 4.52. The van der Waals surface area contributed by atoms with E-state index in [0.717, 1.165) is 12.1 Å². The number of nitrogens with one attached hydrogen (secondary N) is 2. The summed E-state index contributed by atoms with van der Waals surface area (Å²) in [6.07, 6.45) is 3.01. The van der Waals surface area contributed by atoms with E-state index in [-0.39, 0.29) is 11.5 Å². The zero-order chi connectivity index (χ0) is 16.2. The van der Waals surface area contributed by atoms with Gasteiger partial charge >= 0.3 is 0 Å². The second-order valence-electron chi connectivity index (χ2n) is 5.43. The highest BCUT2D eigenvalue weighted by atomic mass is 19.1. The van der Waals surface area contributed by atoms with Gasteiger partial charge in [0.2, 0.25) is 0 Å². The lowest BCUT2D eigenvalue weighted by molar-refractivity contribution is -0.122. The first-order valence-electron chi connectivity index (χ1n) is 7.53. The van der Waals surface area contributed by atoms with Crippen LogP contribution in [-0.2, 0) is 17.8 Å². The summed E-state index contributed by atoms with van der Waals surface area (Å²) >= 11 is 0. The SMILES string of the molecule is CC(Oc1cccnc1)C(=O)Nc1ccc2c(c1F)CCNC2. The molecule has 3 rings (SSSR count). The van der Waals surface area contributed by atoms with Gasteiger partial charge in [-0.3, -0.25) is 9.78 Å². The molecular weight excluding hydrogens is 297 g/mol. The Morgan fingerprint density at radius 3 is 3.09 bits per heavy atom. The molecule has 1 aliphatic rings. The normalized spacial score (nSPS) is 14.7. The molecule has 1 aliphatic heterocycles. The summed E-state index contributed by atoms with van der Waals surface area (Å²) in [7, 11) is 0. The number of amides is 1. The van der Waals surface area contributed by atoms with Gasteiger partial charge in [-0.1, -0.05) is 6.07 Å². The number of halogens is 1. The van der Waals surface area contributed by atoms with Gasteiger partial charge in [0.1, 0.15) is 11.6 Å². The second kappa shape index (κ2) is 6.75. The molecule has 1 unspecified atom stereocenters. The van der Waals surface area contributed by atoms with Crippen molar-refractivity contribution in [1.82, 2.24) is 10.3 Å². The minimum Gasteiger partial charge on any atom is -0.479 e. The average Bonchev–Trinajstić information content (AvgIpc) is 2.58. The Balaban J connectivity index is 1.70.